The summed E-state index contributed by atoms with van der Waals surface area (Å²) in [6, 6.07) is 31.1. The molecular weight excluding hydrogens is 420 g/mol. The minimum atomic E-state index is 0.123. The SMILES string of the molecule is CC(C)(C)c1ccc(OCc2nc3ccccc3n2CCOc2ccc3ccccc3c2)cc1. The second kappa shape index (κ2) is 9.22. The summed E-state index contributed by atoms with van der Waals surface area (Å²) in [4.78, 5) is 4.83. The minimum absolute atomic E-state index is 0.123. The molecule has 1 heterocycles. The summed E-state index contributed by atoms with van der Waals surface area (Å²) < 4.78 is 14.4. The van der Waals surface area contributed by atoms with Gasteiger partial charge in [-0.15, -0.1) is 0 Å². The van der Waals surface area contributed by atoms with Crippen LogP contribution in [0.4, 0.5) is 0 Å². The Morgan fingerprint density at radius 1 is 0.735 bits per heavy atom. The predicted molar refractivity (Wildman–Crippen MR) is 139 cm³/mol. The number of imidazole rings is 1. The van der Waals surface area contributed by atoms with E-state index in [1.54, 1.807) is 0 Å². The zero-order valence-corrected chi connectivity index (χ0v) is 20.0. The van der Waals surface area contributed by atoms with Crippen LogP contribution < -0.4 is 9.47 Å². The van der Waals surface area contributed by atoms with Crippen LogP contribution in [-0.4, -0.2) is 16.2 Å². The second-order valence-corrected chi connectivity index (χ2v) is 9.59. The summed E-state index contributed by atoms with van der Waals surface area (Å²) >= 11 is 0. The Kier molecular flexibility index (Phi) is 5.97. The van der Waals surface area contributed by atoms with Gasteiger partial charge in [0.25, 0.3) is 0 Å². The van der Waals surface area contributed by atoms with Gasteiger partial charge in [-0.1, -0.05) is 75.4 Å². The molecule has 0 aliphatic heterocycles. The maximum Gasteiger partial charge on any atom is 0.148 e. The third-order valence-electron chi connectivity index (χ3n) is 6.13. The first-order valence-electron chi connectivity index (χ1n) is 11.8. The molecule has 4 aromatic carbocycles. The third kappa shape index (κ3) is 4.76. The first-order valence-corrected chi connectivity index (χ1v) is 11.8. The fraction of sp³-hybridized carbons (Fsp3) is 0.233. The Bertz CT molecular complexity index is 1410. The average Bonchev–Trinajstić information content (AvgIpc) is 3.20. The maximum absolute atomic E-state index is 6.12. The molecule has 0 atom stereocenters. The van der Waals surface area contributed by atoms with Gasteiger partial charge in [0, 0.05) is 0 Å². The van der Waals surface area contributed by atoms with Gasteiger partial charge in [-0.25, -0.2) is 4.98 Å². The van der Waals surface area contributed by atoms with Gasteiger partial charge in [0.2, 0.25) is 0 Å². The highest BCUT2D eigenvalue weighted by Crippen LogP contribution is 2.25. The summed E-state index contributed by atoms with van der Waals surface area (Å²) in [6.45, 7) is 8.28. The van der Waals surface area contributed by atoms with Gasteiger partial charge in [-0.3, -0.25) is 0 Å². The van der Waals surface area contributed by atoms with Crippen molar-refractivity contribution in [1.82, 2.24) is 9.55 Å². The van der Waals surface area contributed by atoms with Crippen LogP contribution in [-0.2, 0) is 18.6 Å². The van der Waals surface area contributed by atoms with E-state index in [0.29, 0.717) is 19.8 Å². The lowest BCUT2D eigenvalue weighted by atomic mass is 9.87. The summed E-state index contributed by atoms with van der Waals surface area (Å²) in [7, 11) is 0. The van der Waals surface area contributed by atoms with Gasteiger partial charge in [-0.05, 0) is 58.1 Å². The largest absolute Gasteiger partial charge is 0.492 e. The van der Waals surface area contributed by atoms with Crippen LogP contribution in [0.1, 0.15) is 32.2 Å². The molecule has 0 saturated heterocycles. The highest BCUT2D eigenvalue weighted by molar-refractivity contribution is 5.83. The molecule has 0 saturated carbocycles. The summed E-state index contributed by atoms with van der Waals surface area (Å²) in [5.41, 5.74) is 3.47. The number of para-hydroxylation sites is 2. The van der Waals surface area contributed by atoms with E-state index in [1.807, 2.05) is 42.5 Å². The van der Waals surface area contributed by atoms with Gasteiger partial charge >= 0.3 is 0 Å². The topological polar surface area (TPSA) is 36.3 Å². The van der Waals surface area contributed by atoms with Crippen molar-refractivity contribution in [3.05, 3.63) is 102 Å². The van der Waals surface area contributed by atoms with Crippen molar-refractivity contribution >= 4 is 21.8 Å². The Morgan fingerprint density at radius 2 is 1.44 bits per heavy atom. The number of hydrogen-bond acceptors (Lipinski definition) is 3. The fourth-order valence-electron chi connectivity index (χ4n) is 4.20. The van der Waals surface area contributed by atoms with Crippen LogP contribution in [0, 0.1) is 0 Å². The van der Waals surface area contributed by atoms with Crippen molar-refractivity contribution in [2.75, 3.05) is 6.61 Å². The average molecular weight is 451 g/mol. The number of ether oxygens (including phenoxy) is 2. The summed E-state index contributed by atoms with van der Waals surface area (Å²) in [5.74, 6) is 2.61. The van der Waals surface area contributed by atoms with E-state index in [0.717, 1.165) is 28.4 Å². The number of aromatic nitrogens is 2. The van der Waals surface area contributed by atoms with Crippen molar-refractivity contribution in [3.8, 4) is 11.5 Å². The van der Waals surface area contributed by atoms with Crippen molar-refractivity contribution in [3.63, 3.8) is 0 Å². The van der Waals surface area contributed by atoms with Crippen LogP contribution >= 0.6 is 0 Å². The van der Waals surface area contributed by atoms with Crippen LogP contribution in [0.3, 0.4) is 0 Å². The standard InChI is InChI=1S/C30H30N2O2/c1-30(2,3)24-13-16-25(17-14-24)34-21-29-31-27-10-6-7-11-28(27)32(29)18-19-33-26-15-12-22-8-4-5-9-23(22)20-26/h4-17,20H,18-19,21H2,1-3H3. The molecule has 0 radical (unpaired) electrons. The molecule has 5 aromatic rings. The van der Waals surface area contributed by atoms with Gasteiger partial charge < -0.3 is 14.0 Å². The van der Waals surface area contributed by atoms with Gasteiger partial charge in [0.05, 0.1) is 17.6 Å². The molecule has 4 nitrogen and oxygen atoms in total. The van der Waals surface area contributed by atoms with E-state index in [2.05, 4.69) is 73.9 Å². The Balaban J connectivity index is 1.30. The molecule has 0 aliphatic rings. The van der Waals surface area contributed by atoms with E-state index in [1.165, 1.54) is 16.3 Å². The molecule has 0 aliphatic carbocycles. The van der Waals surface area contributed by atoms with Gasteiger partial charge in [-0.2, -0.15) is 0 Å². The Morgan fingerprint density at radius 3 is 2.24 bits per heavy atom. The lowest BCUT2D eigenvalue weighted by Crippen LogP contribution is -2.13. The number of benzene rings is 4. The molecular formula is C30H30N2O2. The maximum atomic E-state index is 6.12. The Hall–Kier alpha value is -3.79. The molecule has 0 spiro atoms. The molecule has 0 fully saturated rings. The molecule has 4 heteroatoms. The van der Waals surface area contributed by atoms with Gasteiger partial charge in [0.15, 0.2) is 0 Å². The molecule has 172 valence electrons. The van der Waals surface area contributed by atoms with Crippen LogP contribution in [0.15, 0.2) is 91.0 Å². The lowest BCUT2D eigenvalue weighted by molar-refractivity contribution is 0.272. The summed E-state index contributed by atoms with van der Waals surface area (Å²) in [6.07, 6.45) is 0. The highest BCUT2D eigenvalue weighted by atomic mass is 16.5. The van der Waals surface area contributed by atoms with Crippen LogP contribution in [0.2, 0.25) is 0 Å². The van der Waals surface area contributed by atoms with E-state index in [-0.39, 0.29) is 5.41 Å². The van der Waals surface area contributed by atoms with Crippen molar-refractivity contribution in [2.24, 2.45) is 0 Å². The molecule has 5 rings (SSSR count). The predicted octanol–water partition coefficient (Wildman–Crippen LogP) is 7.15. The smallest absolute Gasteiger partial charge is 0.148 e. The minimum Gasteiger partial charge on any atom is -0.492 e. The Labute approximate surface area is 200 Å². The number of nitrogens with zero attached hydrogens (tertiary/aromatic N) is 2. The van der Waals surface area contributed by atoms with Crippen LogP contribution in [0.25, 0.3) is 21.8 Å². The number of fused-ring (bicyclic) bond motifs is 2. The van der Waals surface area contributed by atoms with Crippen LogP contribution in [0.5, 0.6) is 11.5 Å². The van der Waals surface area contributed by atoms with Crippen molar-refractivity contribution in [1.29, 1.82) is 0 Å². The normalized spacial score (nSPS) is 11.7. The van der Waals surface area contributed by atoms with E-state index >= 15 is 0 Å². The first kappa shape index (κ1) is 22.0. The highest BCUT2D eigenvalue weighted by Gasteiger charge is 2.14. The zero-order chi connectivity index (χ0) is 23.5. The van der Waals surface area contributed by atoms with E-state index < -0.39 is 0 Å². The number of hydrogen-bond donors (Lipinski definition) is 0. The number of rotatable bonds is 7. The lowest BCUT2D eigenvalue weighted by Gasteiger charge is -2.19. The molecule has 0 amide bonds. The van der Waals surface area contributed by atoms with E-state index in [9.17, 15) is 0 Å². The van der Waals surface area contributed by atoms with Crippen molar-refractivity contribution < 1.29 is 9.47 Å². The quantitative estimate of drug-likeness (QED) is 0.264. The zero-order valence-electron chi connectivity index (χ0n) is 20.0. The first-order chi connectivity index (χ1) is 16.5. The third-order valence-corrected chi connectivity index (χ3v) is 6.13. The van der Waals surface area contributed by atoms with Gasteiger partial charge in [0.1, 0.15) is 30.5 Å². The molecule has 34 heavy (non-hydrogen) atoms. The monoisotopic (exact) mass is 450 g/mol. The summed E-state index contributed by atoms with van der Waals surface area (Å²) in [5, 5.41) is 2.39. The molecule has 0 unspecified atom stereocenters. The molecule has 0 bridgehead atoms. The van der Waals surface area contributed by atoms with Crippen molar-refractivity contribution in [2.45, 2.75) is 39.3 Å². The second-order valence-electron chi connectivity index (χ2n) is 9.59. The fourth-order valence-corrected chi connectivity index (χ4v) is 4.20. The molecule has 1 aromatic heterocycles. The molecule has 0 N–H and O–H groups in total. The van der Waals surface area contributed by atoms with E-state index in [4.69, 9.17) is 14.5 Å².